The summed E-state index contributed by atoms with van der Waals surface area (Å²) in [4.78, 5) is 14.8. The van der Waals surface area contributed by atoms with Crippen molar-refractivity contribution in [2.24, 2.45) is 5.73 Å². The van der Waals surface area contributed by atoms with Gasteiger partial charge in [0, 0.05) is 18.3 Å². The maximum Gasteiger partial charge on any atom is 0.244 e. The summed E-state index contributed by atoms with van der Waals surface area (Å²) in [6.07, 6.45) is 0. The van der Waals surface area contributed by atoms with Crippen LogP contribution in [0.2, 0.25) is 0 Å². The lowest BCUT2D eigenvalue weighted by Gasteiger charge is -2.33. The molecule has 0 saturated heterocycles. The van der Waals surface area contributed by atoms with Crippen molar-refractivity contribution < 1.29 is 19.4 Å². The van der Waals surface area contributed by atoms with E-state index in [9.17, 15) is 15.2 Å². The van der Waals surface area contributed by atoms with Gasteiger partial charge in [-0.15, -0.1) is 0 Å². The number of nitrogens with two attached hydrogens (primary N) is 1. The summed E-state index contributed by atoms with van der Waals surface area (Å²) in [5, 5.41) is 19.7. The van der Waals surface area contributed by atoms with Gasteiger partial charge < -0.3 is 25.2 Å². The number of phenolic OH excluding ortho intramolecular Hbond substituents is 1. The summed E-state index contributed by atoms with van der Waals surface area (Å²) in [5.74, 6) is 0.291. The first-order chi connectivity index (χ1) is 18.5. The van der Waals surface area contributed by atoms with Gasteiger partial charge in [-0.05, 0) is 47.9 Å². The molecule has 0 bridgehead atoms. The van der Waals surface area contributed by atoms with Crippen molar-refractivity contribution in [3.63, 3.8) is 0 Å². The molecule has 0 radical (unpaired) electrons. The number of hydrogen-bond acceptors (Lipinski definition) is 6. The Kier molecular flexibility index (Phi) is 8.47. The predicted octanol–water partition coefficient (Wildman–Crippen LogP) is 5.47. The summed E-state index contributed by atoms with van der Waals surface area (Å²) >= 11 is 0. The Bertz CT molecular complexity index is 1420. The van der Waals surface area contributed by atoms with Crippen molar-refractivity contribution in [1.82, 2.24) is 0 Å². The summed E-state index contributed by atoms with van der Waals surface area (Å²) < 4.78 is 11.9. The standard InChI is InChI=1S/C31H29N3O4/c1-2-37-29-17-24(14-16-28(29)38-21-23-11-7-4-8-12-23)30(31(33)36)34(20-22-9-5-3-6-10-22)26-15-13-25(19-32)27(35)18-26/h3-18,30,35H,2,20-21H2,1H3,(H2,33,36). The molecule has 0 heterocycles. The van der Waals surface area contributed by atoms with Gasteiger partial charge in [0.2, 0.25) is 5.91 Å². The second kappa shape index (κ2) is 12.3. The van der Waals surface area contributed by atoms with Crippen molar-refractivity contribution in [1.29, 1.82) is 5.26 Å². The van der Waals surface area contributed by atoms with E-state index in [4.69, 9.17) is 15.2 Å². The van der Waals surface area contributed by atoms with Gasteiger partial charge in [-0.1, -0.05) is 66.7 Å². The van der Waals surface area contributed by atoms with Crippen molar-refractivity contribution in [3.05, 3.63) is 119 Å². The van der Waals surface area contributed by atoms with Crippen molar-refractivity contribution in [2.45, 2.75) is 26.1 Å². The molecule has 0 aliphatic rings. The van der Waals surface area contributed by atoms with Crippen molar-refractivity contribution in [2.75, 3.05) is 11.5 Å². The Labute approximate surface area is 222 Å². The number of hydrogen-bond donors (Lipinski definition) is 2. The molecule has 0 fully saturated rings. The molecule has 1 atom stereocenters. The highest BCUT2D eigenvalue weighted by atomic mass is 16.5. The van der Waals surface area contributed by atoms with E-state index in [1.807, 2.05) is 73.7 Å². The summed E-state index contributed by atoms with van der Waals surface area (Å²) in [5.41, 5.74) is 9.23. The highest BCUT2D eigenvalue weighted by Gasteiger charge is 2.28. The van der Waals surface area contributed by atoms with Gasteiger partial charge in [-0.25, -0.2) is 0 Å². The Hall–Kier alpha value is -4.96. The molecule has 1 amide bonds. The van der Waals surface area contributed by atoms with Crippen LogP contribution < -0.4 is 20.1 Å². The fourth-order valence-electron chi connectivity index (χ4n) is 4.22. The molecule has 7 heteroatoms. The SMILES string of the molecule is CCOc1cc(C(C(N)=O)N(Cc2ccccc2)c2ccc(C#N)c(O)c2)ccc1OCc1ccccc1. The highest BCUT2D eigenvalue weighted by Crippen LogP contribution is 2.37. The third kappa shape index (κ3) is 6.23. The van der Waals surface area contributed by atoms with Crippen LogP contribution in [-0.2, 0) is 17.9 Å². The number of primary amides is 1. The zero-order valence-corrected chi connectivity index (χ0v) is 21.1. The van der Waals surface area contributed by atoms with Gasteiger partial charge in [0.15, 0.2) is 11.5 Å². The van der Waals surface area contributed by atoms with Crippen molar-refractivity contribution >= 4 is 11.6 Å². The lowest BCUT2D eigenvalue weighted by Crippen LogP contribution is -2.37. The Morgan fingerprint density at radius 2 is 1.61 bits per heavy atom. The number of benzene rings is 4. The lowest BCUT2D eigenvalue weighted by atomic mass is 10.0. The topological polar surface area (TPSA) is 109 Å². The lowest BCUT2D eigenvalue weighted by molar-refractivity contribution is -0.119. The Balaban J connectivity index is 1.73. The number of amides is 1. The highest BCUT2D eigenvalue weighted by molar-refractivity contribution is 5.85. The van der Waals surface area contributed by atoms with Crippen LogP contribution in [0, 0.1) is 11.3 Å². The second-order valence-electron chi connectivity index (χ2n) is 8.65. The number of ether oxygens (including phenoxy) is 2. The van der Waals surface area contributed by atoms with Crippen LogP contribution in [0.5, 0.6) is 17.2 Å². The van der Waals surface area contributed by atoms with E-state index in [1.165, 1.54) is 12.1 Å². The molecule has 4 aromatic carbocycles. The molecular weight excluding hydrogens is 478 g/mol. The summed E-state index contributed by atoms with van der Waals surface area (Å²) in [6, 6.07) is 30.5. The average molecular weight is 508 g/mol. The van der Waals surface area contributed by atoms with Crippen LogP contribution in [0.4, 0.5) is 5.69 Å². The Morgan fingerprint density at radius 1 is 0.921 bits per heavy atom. The molecule has 4 aromatic rings. The van der Waals surface area contributed by atoms with E-state index in [0.29, 0.717) is 42.5 Å². The third-order valence-corrected chi connectivity index (χ3v) is 6.03. The third-order valence-electron chi connectivity index (χ3n) is 6.03. The minimum absolute atomic E-state index is 0.141. The molecule has 0 aliphatic heterocycles. The summed E-state index contributed by atoms with van der Waals surface area (Å²) in [6.45, 7) is 2.98. The quantitative estimate of drug-likeness (QED) is 0.278. The molecule has 4 rings (SSSR count). The number of rotatable bonds is 11. The number of phenols is 1. The van der Waals surface area contributed by atoms with Gasteiger partial charge in [0.1, 0.15) is 24.5 Å². The minimum Gasteiger partial charge on any atom is -0.506 e. The number of aromatic hydroxyl groups is 1. The molecule has 192 valence electrons. The van der Waals surface area contributed by atoms with E-state index in [2.05, 4.69) is 0 Å². The van der Waals surface area contributed by atoms with Gasteiger partial charge in [0.05, 0.1) is 12.2 Å². The fraction of sp³-hybridized carbons (Fsp3) is 0.161. The monoisotopic (exact) mass is 507 g/mol. The first-order valence-electron chi connectivity index (χ1n) is 12.3. The minimum atomic E-state index is -0.898. The largest absolute Gasteiger partial charge is 0.506 e. The van der Waals surface area contributed by atoms with Crippen LogP contribution in [0.3, 0.4) is 0 Å². The maximum atomic E-state index is 13.0. The van der Waals surface area contributed by atoms with E-state index < -0.39 is 11.9 Å². The van der Waals surface area contributed by atoms with E-state index in [-0.39, 0.29) is 11.3 Å². The van der Waals surface area contributed by atoms with E-state index in [1.54, 1.807) is 29.2 Å². The fourth-order valence-corrected chi connectivity index (χ4v) is 4.22. The molecule has 3 N–H and O–H groups in total. The van der Waals surface area contributed by atoms with Gasteiger partial charge in [-0.3, -0.25) is 4.79 Å². The molecule has 0 aromatic heterocycles. The van der Waals surface area contributed by atoms with Gasteiger partial charge in [-0.2, -0.15) is 5.26 Å². The zero-order valence-electron chi connectivity index (χ0n) is 21.1. The van der Waals surface area contributed by atoms with Crippen LogP contribution in [-0.4, -0.2) is 17.6 Å². The Morgan fingerprint density at radius 3 is 2.21 bits per heavy atom. The first-order valence-corrected chi connectivity index (χ1v) is 12.3. The smallest absolute Gasteiger partial charge is 0.244 e. The van der Waals surface area contributed by atoms with Crippen LogP contribution in [0.15, 0.2) is 97.1 Å². The number of nitrogens with zero attached hydrogens (tertiary/aromatic N) is 2. The molecule has 0 saturated carbocycles. The predicted molar refractivity (Wildman–Crippen MR) is 146 cm³/mol. The number of carbonyl (C=O) groups is 1. The number of anilines is 1. The number of carbonyl (C=O) groups excluding carboxylic acids is 1. The molecule has 7 nitrogen and oxygen atoms in total. The molecule has 38 heavy (non-hydrogen) atoms. The second-order valence-corrected chi connectivity index (χ2v) is 8.65. The van der Waals surface area contributed by atoms with Crippen LogP contribution in [0.1, 0.15) is 35.2 Å². The van der Waals surface area contributed by atoms with E-state index in [0.717, 1.165) is 11.1 Å². The zero-order chi connectivity index (χ0) is 26.9. The first kappa shape index (κ1) is 26.1. The summed E-state index contributed by atoms with van der Waals surface area (Å²) in [7, 11) is 0. The normalized spacial score (nSPS) is 11.3. The van der Waals surface area contributed by atoms with Crippen LogP contribution >= 0.6 is 0 Å². The number of nitriles is 1. The molecule has 0 aliphatic carbocycles. The van der Waals surface area contributed by atoms with Crippen molar-refractivity contribution in [3.8, 4) is 23.3 Å². The van der Waals surface area contributed by atoms with E-state index >= 15 is 0 Å². The molecular formula is C31H29N3O4. The van der Waals surface area contributed by atoms with Gasteiger partial charge >= 0.3 is 0 Å². The van der Waals surface area contributed by atoms with Gasteiger partial charge in [0.25, 0.3) is 0 Å². The van der Waals surface area contributed by atoms with Crippen LogP contribution in [0.25, 0.3) is 0 Å². The maximum absolute atomic E-state index is 13.0. The average Bonchev–Trinajstić information content (AvgIpc) is 2.93. The molecule has 1 unspecified atom stereocenters. The molecule has 0 spiro atoms.